The standard InChI is InChI=1S/C2H4BNO9S2/c5-1(6)2(7)15(11,12)14(10)4-13-3(8)9/h4,8-9H,(H,5,6). The normalized spacial score (nSPS) is 13.3. The Morgan fingerprint density at radius 2 is 1.87 bits per heavy atom. The lowest BCUT2D eigenvalue weighted by atomic mass is 10.3. The minimum Gasteiger partial charge on any atom is -0.580 e. The summed E-state index contributed by atoms with van der Waals surface area (Å²) in [4.78, 5) is 21.5. The van der Waals surface area contributed by atoms with E-state index in [0.29, 0.717) is 0 Å². The highest BCUT2D eigenvalue weighted by molar-refractivity contribution is 8.72. The predicted molar refractivity (Wildman–Crippen MR) is 44.1 cm³/mol. The van der Waals surface area contributed by atoms with Crippen LogP contribution in [0.3, 0.4) is 0 Å². The van der Waals surface area contributed by atoms with E-state index in [1.165, 1.54) is 0 Å². The van der Waals surface area contributed by atoms with E-state index in [-0.39, 0.29) is 0 Å². The van der Waals surface area contributed by atoms with Crippen LogP contribution in [-0.2, 0) is 33.6 Å². The summed E-state index contributed by atoms with van der Waals surface area (Å²) in [5, 5.41) is 21.8. The number of carboxylic acid groups (broad SMARTS) is 1. The lowest BCUT2D eigenvalue weighted by Gasteiger charge is -2.07. The first-order valence-corrected chi connectivity index (χ1v) is 6.06. The number of carbonyl (C=O) groups is 2. The first-order valence-electron chi connectivity index (χ1n) is 2.91. The number of aliphatic carboxylic acids is 1. The minimum atomic E-state index is -5.16. The molecule has 0 heterocycles. The Kier molecular flexibility index (Phi) is 5.16. The zero-order valence-corrected chi connectivity index (χ0v) is 8.32. The minimum absolute atomic E-state index is 1.06. The molecule has 0 fully saturated rings. The van der Waals surface area contributed by atoms with Gasteiger partial charge in [0.05, 0.1) is 0 Å². The summed E-state index contributed by atoms with van der Waals surface area (Å²) in [5.74, 6) is -2.32. The summed E-state index contributed by atoms with van der Waals surface area (Å²) in [5.41, 5.74) is 0. The van der Waals surface area contributed by atoms with Gasteiger partial charge in [-0.2, -0.15) is 8.42 Å². The molecule has 13 heteroatoms. The number of nitrogens with one attached hydrogen (secondary N) is 1. The van der Waals surface area contributed by atoms with Gasteiger partial charge < -0.3 is 19.7 Å². The molecule has 4 N–H and O–H groups in total. The maximum absolute atomic E-state index is 10.7. The summed E-state index contributed by atoms with van der Waals surface area (Å²) in [6, 6.07) is 0. The first kappa shape index (κ1) is 14.3. The molecule has 0 aliphatic carbocycles. The molecule has 0 aromatic heterocycles. The Bertz CT molecular complexity index is 349. The number of hydrogen-bond donors (Lipinski definition) is 4. The highest BCUT2D eigenvalue weighted by Gasteiger charge is 2.42. The predicted octanol–water partition coefficient (Wildman–Crippen LogP) is -3.92. The van der Waals surface area contributed by atoms with Gasteiger partial charge in [-0.3, -0.25) is 9.55 Å². The SMILES string of the molecule is O=C(O)C(=O)S(=O)(=O)[S+]([O-])NOB(O)O. The largest absolute Gasteiger partial charge is 0.654 e. The van der Waals surface area contributed by atoms with Crippen molar-refractivity contribution in [1.29, 1.82) is 0 Å². The van der Waals surface area contributed by atoms with Gasteiger partial charge in [-0.1, -0.05) is 0 Å². The summed E-state index contributed by atoms with van der Waals surface area (Å²) in [7, 11) is -10.9. The highest BCUT2D eigenvalue weighted by atomic mass is 33.2. The van der Waals surface area contributed by atoms with E-state index in [9.17, 15) is 22.6 Å². The molecule has 1 unspecified atom stereocenters. The molecule has 0 saturated heterocycles. The lowest BCUT2D eigenvalue weighted by Crippen LogP contribution is -2.41. The van der Waals surface area contributed by atoms with Gasteiger partial charge in [0.25, 0.3) is 0 Å². The third-order valence-electron chi connectivity index (χ3n) is 0.823. The number of carboxylic acids is 1. The van der Waals surface area contributed by atoms with Crippen molar-refractivity contribution in [2.45, 2.75) is 0 Å². The fourth-order valence-electron chi connectivity index (χ4n) is 0.303. The van der Waals surface area contributed by atoms with Crippen LogP contribution in [0.5, 0.6) is 0 Å². The molecule has 0 radical (unpaired) electrons. The number of hydrogen-bond acceptors (Lipinski definition) is 9. The topological polar surface area (TPSA) is 173 Å². The van der Waals surface area contributed by atoms with Crippen LogP contribution in [0.1, 0.15) is 0 Å². The second kappa shape index (κ2) is 5.41. The molecule has 0 amide bonds. The van der Waals surface area contributed by atoms with Crippen molar-refractivity contribution >= 4 is 37.7 Å². The van der Waals surface area contributed by atoms with Gasteiger partial charge in [0.1, 0.15) is 0 Å². The molecule has 0 aromatic carbocycles. The Morgan fingerprint density at radius 3 is 2.20 bits per heavy atom. The van der Waals surface area contributed by atoms with Crippen molar-refractivity contribution in [3.63, 3.8) is 0 Å². The molecule has 0 rings (SSSR count). The van der Waals surface area contributed by atoms with Crippen LogP contribution in [-0.4, -0.2) is 46.5 Å². The first-order chi connectivity index (χ1) is 6.69. The van der Waals surface area contributed by atoms with Crippen molar-refractivity contribution in [3.05, 3.63) is 0 Å². The maximum atomic E-state index is 10.7. The lowest BCUT2D eigenvalue weighted by molar-refractivity contribution is -0.145. The van der Waals surface area contributed by atoms with E-state index >= 15 is 0 Å². The van der Waals surface area contributed by atoms with E-state index in [1.54, 1.807) is 0 Å². The quantitative estimate of drug-likeness (QED) is 0.129. The highest BCUT2D eigenvalue weighted by Crippen LogP contribution is 2.02. The van der Waals surface area contributed by atoms with Crippen molar-refractivity contribution in [2.24, 2.45) is 0 Å². The number of rotatable bonds is 4. The second-order valence-corrected chi connectivity index (χ2v) is 5.95. The third-order valence-corrected chi connectivity index (χ3v) is 3.94. The van der Waals surface area contributed by atoms with Gasteiger partial charge >= 0.3 is 27.3 Å². The molecule has 0 spiro atoms. The summed E-state index contributed by atoms with van der Waals surface area (Å²) < 4.78 is 35.7. The van der Waals surface area contributed by atoms with Crippen LogP contribution in [0.15, 0.2) is 0 Å². The molecule has 15 heavy (non-hydrogen) atoms. The van der Waals surface area contributed by atoms with Gasteiger partial charge in [-0.05, 0) is 4.89 Å². The van der Waals surface area contributed by atoms with Gasteiger partial charge in [0.2, 0.25) is 10.4 Å². The maximum Gasteiger partial charge on any atom is 0.654 e. The smallest absolute Gasteiger partial charge is 0.580 e. The van der Waals surface area contributed by atoms with Gasteiger partial charge in [0, 0.05) is 0 Å². The van der Waals surface area contributed by atoms with Crippen LogP contribution in [0.25, 0.3) is 0 Å². The van der Waals surface area contributed by atoms with Crippen LogP contribution in [0, 0.1) is 0 Å². The summed E-state index contributed by atoms with van der Waals surface area (Å²) in [6.45, 7) is 0. The zero-order chi connectivity index (χ0) is 12.2. The Balaban J connectivity index is 4.60. The van der Waals surface area contributed by atoms with Crippen LogP contribution < -0.4 is 4.89 Å². The Hall–Kier alpha value is -0.695. The third kappa shape index (κ3) is 4.12. The summed E-state index contributed by atoms with van der Waals surface area (Å²) in [6.07, 6.45) is 0. The molecule has 1 atom stereocenters. The van der Waals surface area contributed by atoms with Crippen LogP contribution >= 0.6 is 0 Å². The Morgan fingerprint density at radius 1 is 1.40 bits per heavy atom. The molecule has 0 aliphatic heterocycles. The van der Waals surface area contributed by atoms with Crippen molar-refractivity contribution < 1.29 is 42.5 Å². The summed E-state index contributed by atoms with van der Waals surface area (Å²) >= 11 is 0. The fraction of sp³-hybridized carbons (Fsp3) is 0. The molecule has 10 nitrogen and oxygen atoms in total. The van der Waals surface area contributed by atoms with Crippen LogP contribution in [0.2, 0.25) is 0 Å². The fourth-order valence-corrected chi connectivity index (χ4v) is 1.92. The molecule has 0 aliphatic rings. The van der Waals surface area contributed by atoms with Crippen molar-refractivity contribution in [3.8, 4) is 0 Å². The van der Waals surface area contributed by atoms with Gasteiger partial charge in [0.15, 0.2) is 0 Å². The molecule has 86 valence electrons. The van der Waals surface area contributed by atoms with Crippen LogP contribution in [0.4, 0.5) is 0 Å². The number of carbonyl (C=O) groups excluding carboxylic acids is 1. The van der Waals surface area contributed by atoms with E-state index in [0.717, 1.165) is 4.89 Å². The van der Waals surface area contributed by atoms with E-state index in [4.69, 9.17) is 15.2 Å². The van der Waals surface area contributed by atoms with E-state index in [2.05, 4.69) is 4.76 Å². The molecule has 0 bridgehead atoms. The van der Waals surface area contributed by atoms with Crippen molar-refractivity contribution in [2.75, 3.05) is 0 Å². The molecular weight excluding hydrogens is 257 g/mol. The van der Waals surface area contributed by atoms with Crippen molar-refractivity contribution in [1.82, 2.24) is 4.89 Å². The van der Waals surface area contributed by atoms with Gasteiger partial charge in [-0.15, -0.1) is 0 Å². The van der Waals surface area contributed by atoms with Gasteiger partial charge in [-0.25, -0.2) is 4.79 Å². The molecular formula is C2H4BNO9S2. The Labute approximate surface area is 85.6 Å². The molecule has 0 aromatic rings. The average molecular weight is 261 g/mol. The average Bonchev–Trinajstić information content (AvgIpc) is 2.12. The van der Waals surface area contributed by atoms with E-state index in [1.807, 2.05) is 0 Å². The second-order valence-electron chi connectivity index (χ2n) is 1.81. The monoisotopic (exact) mass is 261 g/mol. The van der Waals surface area contributed by atoms with E-state index < -0.39 is 37.7 Å². The zero-order valence-electron chi connectivity index (χ0n) is 6.68. The molecule has 0 saturated carbocycles.